The number of carbonyl (C=O) groups excluding carboxylic acids is 1. The van der Waals surface area contributed by atoms with Crippen molar-refractivity contribution in [2.75, 3.05) is 27.3 Å². The number of hydrogen-bond donors (Lipinski definition) is 1. The maximum atomic E-state index is 12.5. The van der Waals surface area contributed by atoms with Crippen molar-refractivity contribution >= 4 is 5.91 Å². The molecule has 0 bridgehead atoms. The Balaban J connectivity index is 1.91. The van der Waals surface area contributed by atoms with Gasteiger partial charge in [-0.1, -0.05) is 36.4 Å². The van der Waals surface area contributed by atoms with E-state index < -0.39 is 0 Å². The van der Waals surface area contributed by atoms with Crippen LogP contribution in [0.4, 0.5) is 0 Å². The summed E-state index contributed by atoms with van der Waals surface area (Å²) in [5, 5.41) is 2.96. The number of hydrogen-bond acceptors (Lipinski definition) is 4. The summed E-state index contributed by atoms with van der Waals surface area (Å²) < 4.78 is 10.7. The number of piperazine rings is 1. The highest BCUT2D eigenvalue weighted by Crippen LogP contribution is 2.33. The Kier molecular flexibility index (Phi) is 5.01. The molecule has 0 radical (unpaired) electrons. The number of carbonyl (C=O) groups is 1. The van der Waals surface area contributed by atoms with Crippen LogP contribution in [0.25, 0.3) is 0 Å². The van der Waals surface area contributed by atoms with E-state index in [1.807, 2.05) is 36.4 Å². The Hall–Kier alpha value is -2.53. The second-order valence-electron chi connectivity index (χ2n) is 5.76. The molecule has 1 fully saturated rings. The molecule has 1 unspecified atom stereocenters. The summed E-state index contributed by atoms with van der Waals surface area (Å²) in [7, 11) is 3.21. The van der Waals surface area contributed by atoms with E-state index in [1.54, 1.807) is 14.2 Å². The molecule has 0 saturated carbocycles. The molecular formula is C19H22N2O3. The Labute approximate surface area is 142 Å². The maximum absolute atomic E-state index is 12.5. The molecule has 1 aliphatic heterocycles. The largest absolute Gasteiger partial charge is 0.493 e. The van der Waals surface area contributed by atoms with E-state index in [2.05, 4.69) is 22.3 Å². The molecular weight excluding hydrogens is 304 g/mol. The van der Waals surface area contributed by atoms with Crippen molar-refractivity contribution in [2.24, 2.45) is 0 Å². The van der Waals surface area contributed by atoms with E-state index >= 15 is 0 Å². The zero-order valence-corrected chi connectivity index (χ0v) is 14.0. The van der Waals surface area contributed by atoms with Crippen LogP contribution in [0, 0.1) is 0 Å². The van der Waals surface area contributed by atoms with Gasteiger partial charge in [-0.2, -0.15) is 0 Å². The highest BCUT2D eigenvalue weighted by atomic mass is 16.5. The van der Waals surface area contributed by atoms with E-state index in [4.69, 9.17) is 9.47 Å². The van der Waals surface area contributed by atoms with Gasteiger partial charge in [0.15, 0.2) is 11.5 Å². The molecule has 1 N–H and O–H groups in total. The first-order valence-electron chi connectivity index (χ1n) is 8.00. The predicted octanol–water partition coefficient (Wildman–Crippen LogP) is 2.38. The second kappa shape index (κ2) is 7.36. The molecule has 0 aromatic heterocycles. The summed E-state index contributed by atoms with van der Waals surface area (Å²) in [5.74, 6) is 1.31. The van der Waals surface area contributed by atoms with Gasteiger partial charge in [-0.25, -0.2) is 0 Å². The molecule has 1 heterocycles. The van der Waals surface area contributed by atoms with Gasteiger partial charge in [0.05, 0.1) is 14.2 Å². The number of benzene rings is 2. The molecule has 24 heavy (non-hydrogen) atoms. The van der Waals surface area contributed by atoms with Crippen LogP contribution in [0.2, 0.25) is 0 Å². The van der Waals surface area contributed by atoms with Gasteiger partial charge in [0, 0.05) is 19.6 Å². The lowest BCUT2D eigenvalue weighted by Gasteiger charge is -2.35. The highest BCUT2D eigenvalue weighted by molar-refractivity contribution is 5.84. The van der Waals surface area contributed by atoms with E-state index in [1.165, 1.54) is 5.56 Å². The van der Waals surface area contributed by atoms with Gasteiger partial charge in [-0.05, 0) is 23.3 Å². The number of amides is 1. The highest BCUT2D eigenvalue weighted by Gasteiger charge is 2.31. The quantitative estimate of drug-likeness (QED) is 0.916. The predicted molar refractivity (Wildman–Crippen MR) is 92.1 cm³/mol. The summed E-state index contributed by atoms with van der Waals surface area (Å²) in [5.41, 5.74) is 2.10. The van der Waals surface area contributed by atoms with Crippen LogP contribution >= 0.6 is 0 Å². The molecule has 126 valence electrons. The van der Waals surface area contributed by atoms with Crippen molar-refractivity contribution in [3.8, 4) is 11.5 Å². The summed E-state index contributed by atoms with van der Waals surface area (Å²) >= 11 is 0. The third-order valence-corrected chi connectivity index (χ3v) is 4.26. The standard InChI is InChI=1S/C19H22N2O3/c1-23-16-9-8-15(12-17(16)24-2)18-19(22)20-10-11-21(18)13-14-6-4-3-5-7-14/h3-9,12,18H,10-11,13H2,1-2H3,(H,20,22). The SMILES string of the molecule is COc1ccc(C2C(=O)NCCN2Cc2ccccc2)cc1OC. The van der Waals surface area contributed by atoms with Gasteiger partial charge < -0.3 is 14.8 Å². The van der Waals surface area contributed by atoms with E-state index in [0.717, 1.165) is 18.7 Å². The van der Waals surface area contributed by atoms with Gasteiger partial charge >= 0.3 is 0 Å². The number of methoxy groups -OCH3 is 2. The molecule has 5 heteroatoms. The zero-order valence-electron chi connectivity index (χ0n) is 14.0. The summed E-state index contributed by atoms with van der Waals surface area (Å²) in [6, 6.07) is 15.5. The van der Waals surface area contributed by atoms with Crippen LogP contribution in [0.5, 0.6) is 11.5 Å². The average Bonchev–Trinajstić information content (AvgIpc) is 2.62. The second-order valence-corrected chi connectivity index (χ2v) is 5.76. The number of rotatable bonds is 5. The molecule has 1 saturated heterocycles. The lowest BCUT2D eigenvalue weighted by Crippen LogP contribution is -2.49. The number of nitrogens with one attached hydrogen (secondary N) is 1. The normalized spacial score (nSPS) is 18.1. The van der Waals surface area contributed by atoms with Crippen molar-refractivity contribution in [3.63, 3.8) is 0 Å². The van der Waals surface area contributed by atoms with Gasteiger partial charge in [0.2, 0.25) is 5.91 Å². The minimum absolute atomic E-state index is 0.0180. The van der Waals surface area contributed by atoms with Gasteiger partial charge in [0.1, 0.15) is 6.04 Å². The van der Waals surface area contributed by atoms with Crippen molar-refractivity contribution in [3.05, 3.63) is 59.7 Å². The molecule has 1 atom stereocenters. The molecule has 2 aromatic carbocycles. The van der Waals surface area contributed by atoms with Crippen molar-refractivity contribution in [1.29, 1.82) is 0 Å². The van der Waals surface area contributed by atoms with Gasteiger partial charge in [0.25, 0.3) is 0 Å². The van der Waals surface area contributed by atoms with E-state index in [9.17, 15) is 4.79 Å². The molecule has 1 aliphatic rings. The third-order valence-electron chi connectivity index (χ3n) is 4.26. The zero-order chi connectivity index (χ0) is 16.9. The van der Waals surface area contributed by atoms with Crippen LogP contribution in [-0.4, -0.2) is 38.1 Å². The molecule has 2 aromatic rings. The molecule has 5 nitrogen and oxygen atoms in total. The van der Waals surface area contributed by atoms with Gasteiger partial charge in [-0.3, -0.25) is 9.69 Å². The van der Waals surface area contributed by atoms with Crippen molar-refractivity contribution < 1.29 is 14.3 Å². The van der Waals surface area contributed by atoms with Crippen molar-refractivity contribution in [1.82, 2.24) is 10.2 Å². The minimum Gasteiger partial charge on any atom is -0.493 e. The van der Waals surface area contributed by atoms with E-state index in [-0.39, 0.29) is 11.9 Å². The first-order chi connectivity index (χ1) is 11.7. The average molecular weight is 326 g/mol. The van der Waals surface area contributed by atoms with Crippen LogP contribution in [0.1, 0.15) is 17.2 Å². The number of ether oxygens (including phenoxy) is 2. The molecule has 1 amide bonds. The fourth-order valence-electron chi connectivity index (χ4n) is 3.09. The first kappa shape index (κ1) is 16.3. The fraction of sp³-hybridized carbons (Fsp3) is 0.316. The van der Waals surface area contributed by atoms with Crippen molar-refractivity contribution in [2.45, 2.75) is 12.6 Å². The Bertz CT molecular complexity index is 703. The Morgan fingerprint density at radius 1 is 1.08 bits per heavy atom. The maximum Gasteiger partial charge on any atom is 0.242 e. The summed E-state index contributed by atoms with van der Waals surface area (Å²) in [6.45, 7) is 2.20. The topological polar surface area (TPSA) is 50.8 Å². The molecule has 0 spiro atoms. The third kappa shape index (κ3) is 3.36. The minimum atomic E-state index is -0.334. The van der Waals surface area contributed by atoms with E-state index in [0.29, 0.717) is 18.0 Å². The van der Waals surface area contributed by atoms with Crippen LogP contribution in [-0.2, 0) is 11.3 Å². The number of nitrogens with zero attached hydrogens (tertiary/aromatic N) is 1. The Morgan fingerprint density at radius 2 is 1.83 bits per heavy atom. The smallest absolute Gasteiger partial charge is 0.242 e. The Morgan fingerprint density at radius 3 is 2.54 bits per heavy atom. The first-order valence-corrected chi connectivity index (χ1v) is 8.00. The summed E-state index contributed by atoms with van der Waals surface area (Å²) in [6.07, 6.45) is 0. The monoisotopic (exact) mass is 326 g/mol. The van der Waals surface area contributed by atoms with Crippen LogP contribution in [0.3, 0.4) is 0 Å². The molecule has 0 aliphatic carbocycles. The fourth-order valence-corrected chi connectivity index (χ4v) is 3.09. The van der Waals surface area contributed by atoms with Crippen LogP contribution in [0.15, 0.2) is 48.5 Å². The van der Waals surface area contributed by atoms with Gasteiger partial charge in [-0.15, -0.1) is 0 Å². The summed E-state index contributed by atoms with van der Waals surface area (Å²) in [4.78, 5) is 14.7. The lowest BCUT2D eigenvalue weighted by molar-refractivity contribution is -0.129. The molecule has 3 rings (SSSR count). The lowest BCUT2D eigenvalue weighted by atomic mass is 10.0. The van der Waals surface area contributed by atoms with Crippen LogP contribution < -0.4 is 14.8 Å².